The predicted octanol–water partition coefficient (Wildman–Crippen LogP) is 1.83. The molecule has 4 heteroatoms. The van der Waals surface area contributed by atoms with E-state index in [2.05, 4.69) is 5.92 Å². The molecule has 2 rings (SSSR count). The monoisotopic (exact) mass is 245 g/mol. The molecule has 1 fully saturated rings. The third-order valence-electron chi connectivity index (χ3n) is 2.74. The molecule has 1 heterocycles. The largest absolute Gasteiger partial charge is 0.428 e. The second-order valence-electron chi connectivity index (χ2n) is 3.94. The average Bonchev–Trinajstić information content (AvgIpc) is 2.46. The normalized spacial score (nSPS) is 16.7. The van der Waals surface area contributed by atoms with Crippen molar-refractivity contribution in [2.75, 3.05) is 26.3 Å². The summed E-state index contributed by atoms with van der Waals surface area (Å²) < 4.78 is 10.5. The van der Waals surface area contributed by atoms with E-state index >= 15 is 0 Å². The summed E-state index contributed by atoms with van der Waals surface area (Å²) in [5.74, 6) is 2.49. The Morgan fingerprint density at radius 1 is 1.33 bits per heavy atom. The number of terminal acetylenes is 1. The number of nitrogens with zero attached hydrogens (tertiary/aromatic N) is 1. The van der Waals surface area contributed by atoms with Crippen molar-refractivity contribution in [3.63, 3.8) is 0 Å². The highest BCUT2D eigenvalue weighted by Gasteiger charge is 2.21. The third kappa shape index (κ3) is 3.02. The second-order valence-corrected chi connectivity index (χ2v) is 3.94. The number of hydrogen-bond acceptors (Lipinski definition) is 3. The zero-order chi connectivity index (χ0) is 12.8. The minimum Gasteiger partial charge on any atom is -0.428 e. The van der Waals surface area contributed by atoms with E-state index in [1.54, 1.807) is 4.90 Å². The van der Waals surface area contributed by atoms with Crippen molar-refractivity contribution in [2.45, 2.75) is 6.10 Å². The summed E-state index contributed by atoms with van der Waals surface area (Å²) in [7, 11) is 0. The number of amides is 1. The van der Waals surface area contributed by atoms with E-state index in [9.17, 15) is 4.79 Å². The maximum absolute atomic E-state index is 11.9. The first kappa shape index (κ1) is 12.5. The van der Waals surface area contributed by atoms with Crippen molar-refractivity contribution in [1.82, 2.24) is 4.90 Å². The molecule has 0 aromatic heterocycles. The molecule has 1 unspecified atom stereocenters. The highest BCUT2D eigenvalue weighted by Crippen LogP contribution is 2.17. The first-order valence-corrected chi connectivity index (χ1v) is 5.85. The quantitative estimate of drug-likeness (QED) is 0.746. The van der Waals surface area contributed by atoms with E-state index in [1.165, 1.54) is 0 Å². The molecule has 0 bridgehead atoms. The molecule has 1 atom stereocenters. The number of ether oxygens (including phenoxy) is 2. The Morgan fingerprint density at radius 3 is 2.61 bits per heavy atom. The fourth-order valence-electron chi connectivity index (χ4n) is 1.75. The Labute approximate surface area is 106 Å². The molecule has 1 aliphatic rings. The lowest BCUT2D eigenvalue weighted by Crippen LogP contribution is -2.41. The van der Waals surface area contributed by atoms with Gasteiger partial charge in [0.1, 0.15) is 0 Å². The molecule has 0 saturated carbocycles. The van der Waals surface area contributed by atoms with Crippen LogP contribution in [0.25, 0.3) is 0 Å². The zero-order valence-corrected chi connectivity index (χ0v) is 10.0. The third-order valence-corrected chi connectivity index (χ3v) is 2.74. The minimum atomic E-state index is -0.637. The van der Waals surface area contributed by atoms with Crippen LogP contribution in [0.15, 0.2) is 30.3 Å². The Balaban J connectivity index is 1.98. The number of benzene rings is 1. The second kappa shape index (κ2) is 6.08. The van der Waals surface area contributed by atoms with Crippen LogP contribution in [-0.2, 0) is 9.47 Å². The van der Waals surface area contributed by atoms with Gasteiger partial charge in [-0.15, -0.1) is 6.42 Å². The van der Waals surface area contributed by atoms with E-state index in [1.807, 2.05) is 30.3 Å². The van der Waals surface area contributed by atoms with Gasteiger partial charge in [-0.25, -0.2) is 4.79 Å². The molecule has 1 aromatic rings. The van der Waals surface area contributed by atoms with Gasteiger partial charge in [-0.2, -0.15) is 0 Å². The van der Waals surface area contributed by atoms with E-state index in [-0.39, 0.29) is 6.09 Å². The van der Waals surface area contributed by atoms with Gasteiger partial charge < -0.3 is 14.4 Å². The number of carbonyl (C=O) groups excluding carboxylic acids is 1. The lowest BCUT2D eigenvalue weighted by atomic mass is 10.1. The Hall–Kier alpha value is -1.99. The van der Waals surface area contributed by atoms with Crippen molar-refractivity contribution in [1.29, 1.82) is 0 Å². The fourth-order valence-corrected chi connectivity index (χ4v) is 1.75. The molecule has 94 valence electrons. The molecule has 1 aromatic carbocycles. The van der Waals surface area contributed by atoms with Crippen LogP contribution in [0.2, 0.25) is 0 Å². The number of morpholine rings is 1. The summed E-state index contributed by atoms with van der Waals surface area (Å²) in [4.78, 5) is 13.5. The van der Waals surface area contributed by atoms with Gasteiger partial charge in [0.25, 0.3) is 0 Å². The molecule has 0 radical (unpaired) electrons. The molecular formula is C14H15NO3. The van der Waals surface area contributed by atoms with Crippen LogP contribution in [-0.4, -0.2) is 37.3 Å². The first-order valence-electron chi connectivity index (χ1n) is 5.85. The van der Waals surface area contributed by atoms with Crippen LogP contribution in [0.5, 0.6) is 0 Å². The Bertz CT molecular complexity index is 432. The summed E-state index contributed by atoms with van der Waals surface area (Å²) in [5, 5.41) is 0. The molecule has 1 aliphatic heterocycles. The summed E-state index contributed by atoms with van der Waals surface area (Å²) in [6.07, 6.45) is 4.39. The standard InChI is InChI=1S/C14H15NO3/c1-2-13(12-6-4-3-5-7-12)18-14(16)15-8-10-17-11-9-15/h1,3-7,13H,8-11H2. The maximum atomic E-state index is 11.9. The van der Waals surface area contributed by atoms with Gasteiger partial charge in [0.15, 0.2) is 6.10 Å². The lowest BCUT2D eigenvalue weighted by molar-refractivity contribution is 0.0203. The van der Waals surface area contributed by atoms with Gasteiger partial charge >= 0.3 is 6.09 Å². The number of carbonyl (C=O) groups is 1. The van der Waals surface area contributed by atoms with Gasteiger partial charge in [-0.3, -0.25) is 0 Å². The van der Waals surface area contributed by atoms with Crippen LogP contribution >= 0.6 is 0 Å². The van der Waals surface area contributed by atoms with Gasteiger partial charge in [0, 0.05) is 18.7 Å². The smallest absolute Gasteiger partial charge is 0.411 e. The summed E-state index contributed by atoms with van der Waals surface area (Å²) in [6, 6.07) is 9.31. The van der Waals surface area contributed by atoms with Crippen LogP contribution in [0.4, 0.5) is 4.79 Å². The first-order chi connectivity index (χ1) is 8.81. The van der Waals surface area contributed by atoms with Crippen molar-refractivity contribution >= 4 is 6.09 Å². The predicted molar refractivity (Wildman–Crippen MR) is 66.9 cm³/mol. The highest BCUT2D eigenvalue weighted by atomic mass is 16.6. The molecule has 0 aliphatic carbocycles. The van der Waals surface area contributed by atoms with Crippen molar-refractivity contribution in [3.05, 3.63) is 35.9 Å². The lowest BCUT2D eigenvalue weighted by Gasteiger charge is -2.27. The summed E-state index contributed by atoms with van der Waals surface area (Å²) in [6.45, 7) is 2.18. The van der Waals surface area contributed by atoms with Gasteiger partial charge in [-0.05, 0) is 0 Å². The van der Waals surface area contributed by atoms with Crippen LogP contribution in [0.1, 0.15) is 11.7 Å². The van der Waals surface area contributed by atoms with Crippen LogP contribution in [0.3, 0.4) is 0 Å². The summed E-state index contributed by atoms with van der Waals surface area (Å²) >= 11 is 0. The van der Waals surface area contributed by atoms with Crippen LogP contribution < -0.4 is 0 Å². The number of hydrogen-bond donors (Lipinski definition) is 0. The van der Waals surface area contributed by atoms with Crippen LogP contribution in [0, 0.1) is 12.3 Å². The van der Waals surface area contributed by atoms with Gasteiger partial charge in [-0.1, -0.05) is 36.3 Å². The van der Waals surface area contributed by atoms with E-state index in [4.69, 9.17) is 15.9 Å². The molecule has 0 N–H and O–H groups in total. The molecule has 1 saturated heterocycles. The van der Waals surface area contributed by atoms with Gasteiger partial charge in [0.2, 0.25) is 0 Å². The molecule has 0 spiro atoms. The molecular weight excluding hydrogens is 230 g/mol. The SMILES string of the molecule is C#CC(OC(=O)N1CCOCC1)c1ccccc1. The van der Waals surface area contributed by atoms with Crippen molar-refractivity contribution in [2.24, 2.45) is 0 Å². The molecule has 18 heavy (non-hydrogen) atoms. The Kier molecular flexibility index (Phi) is 4.21. The molecule has 4 nitrogen and oxygen atoms in total. The zero-order valence-electron chi connectivity index (χ0n) is 10.0. The minimum absolute atomic E-state index is 0.384. The van der Waals surface area contributed by atoms with Crippen molar-refractivity contribution < 1.29 is 14.3 Å². The molecule has 1 amide bonds. The summed E-state index contributed by atoms with van der Waals surface area (Å²) in [5.41, 5.74) is 0.807. The van der Waals surface area contributed by atoms with E-state index in [0.29, 0.717) is 26.3 Å². The van der Waals surface area contributed by atoms with Gasteiger partial charge in [0.05, 0.1) is 13.2 Å². The Morgan fingerprint density at radius 2 is 2.00 bits per heavy atom. The number of rotatable bonds is 2. The topological polar surface area (TPSA) is 38.8 Å². The highest BCUT2D eigenvalue weighted by molar-refractivity contribution is 5.68. The fraction of sp³-hybridized carbons (Fsp3) is 0.357. The van der Waals surface area contributed by atoms with Crippen molar-refractivity contribution in [3.8, 4) is 12.3 Å². The average molecular weight is 245 g/mol. The van der Waals surface area contributed by atoms with E-state index in [0.717, 1.165) is 5.56 Å². The maximum Gasteiger partial charge on any atom is 0.411 e. The van der Waals surface area contributed by atoms with E-state index < -0.39 is 6.10 Å².